The molecule has 4 amide bonds. The van der Waals surface area contributed by atoms with E-state index in [2.05, 4.69) is 16.7 Å². The molecule has 11 heteroatoms. The smallest absolute Gasteiger partial charge is 0.410 e. The molecule has 0 aliphatic carbocycles. The second-order valence-electron chi connectivity index (χ2n) is 13.4. The number of likely N-dealkylation sites (N-methyl/N-ethyl adjacent to an activating group) is 1. The fourth-order valence-corrected chi connectivity index (χ4v) is 6.40. The van der Waals surface area contributed by atoms with Crippen LogP contribution < -0.4 is 15.4 Å². The normalized spacial score (nSPS) is 21.4. The van der Waals surface area contributed by atoms with Crippen molar-refractivity contribution in [1.29, 1.82) is 5.26 Å². The van der Waals surface area contributed by atoms with E-state index in [1.165, 1.54) is 11.9 Å². The molecule has 2 fully saturated rings. The molecule has 252 valence electrons. The lowest BCUT2D eigenvalue weighted by Gasteiger charge is -2.34. The van der Waals surface area contributed by atoms with Crippen molar-refractivity contribution in [2.45, 2.75) is 95.5 Å². The van der Waals surface area contributed by atoms with Crippen LogP contribution in [0.2, 0.25) is 0 Å². The minimum Gasteiger partial charge on any atom is -0.497 e. The summed E-state index contributed by atoms with van der Waals surface area (Å²) in [4.78, 5) is 57.8. The highest BCUT2D eigenvalue weighted by molar-refractivity contribution is 5.95. The molecule has 47 heavy (non-hydrogen) atoms. The van der Waals surface area contributed by atoms with Gasteiger partial charge >= 0.3 is 6.09 Å². The van der Waals surface area contributed by atoms with E-state index in [0.717, 1.165) is 16.9 Å². The zero-order valence-electron chi connectivity index (χ0n) is 28.0. The highest BCUT2D eigenvalue weighted by atomic mass is 16.6. The number of rotatable bonds is 11. The van der Waals surface area contributed by atoms with E-state index >= 15 is 0 Å². The molecule has 0 radical (unpaired) electrons. The number of nitrogens with zero attached hydrogens (tertiary/aromatic N) is 3. The second kappa shape index (κ2) is 15.8. The van der Waals surface area contributed by atoms with Crippen molar-refractivity contribution >= 4 is 23.8 Å². The van der Waals surface area contributed by atoms with Gasteiger partial charge in [-0.3, -0.25) is 19.3 Å². The predicted octanol–water partition coefficient (Wildman–Crippen LogP) is 4.00. The Labute approximate surface area is 277 Å². The van der Waals surface area contributed by atoms with Crippen LogP contribution in [0.25, 0.3) is 0 Å². The molecular weight excluding hydrogens is 598 g/mol. The number of carbonyl (C=O) groups excluding carboxylic acids is 4. The van der Waals surface area contributed by atoms with Crippen LogP contribution in [0.3, 0.4) is 0 Å². The first kappa shape index (κ1) is 35.3. The average Bonchev–Trinajstić information content (AvgIpc) is 3.43. The van der Waals surface area contributed by atoms with Crippen molar-refractivity contribution in [3.05, 3.63) is 65.7 Å². The number of fused-ring (bicyclic) bond motifs is 1. The number of nitrogens with one attached hydrogen (secondary N) is 2. The highest BCUT2D eigenvalue weighted by Gasteiger charge is 2.48. The molecular formula is C36H47N5O6. The third-order valence-corrected chi connectivity index (χ3v) is 8.91. The van der Waals surface area contributed by atoms with Crippen LogP contribution in [0.5, 0.6) is 5.75 Å². The summed E-state index contributed by atoms with van der Waals surface area (Å²) in [5.41, 5.74) is 1.10. The quantitative estimate of drug-likeness (QED) is 0.376. The standard InChI is InChI=1S/C36H47N5O6/c1-36(2,3)47-35(45)40(4)30(23-25-9-7-6-8-10-25)33(43)39-31-26(19-21-37)13-14-27-15-18-29(41(27)34(31)44)32(42)38-22-20-24-11-16-28(46-5)17-12-24/h6-12,16-17,26-27,29-31H,13-15,18-20,22-23H2,1-5H3,(H,38,42)(H,39,43)/t26-,27+,29+,30-,31+/m1/s1. The molecule has 5 atom stereocenters. The molecule has 2 aliphatic rings. The molecule has 2 aromatic rings. The minimum atomic E-state index is -1.02. The number of ether oxygens (including phenoxy) is 2. The maximum Gasteiger partial charge on any atom is 0.410 e. The van der Waals surface area contributed by atoms with Gasteiger partial charge in [-0.15, -0.1) is 0 Å². The van der Waals surface area contributed by atoms with Gasteiger partial charge in [-0.1, -0.05) is 42.5 Å². The Hall–Kier alpha value is -4.59. The first-order valence-electron chi connectivity index (χ1n) is 16.3. The predicted molar refractivity (Wildman–Crippen MR) is 176 cm³/mol. The summed E-state index contributed by atoms with van der Waals surface area (Å²) in [6.45, 7) is 5.66. The van der Waals surface area contributed by atoms with Crippen molar-refractivity contribution < 1.29 is 28.7 Å². The molecule has 2 aromatic carbocycles. The summed E-state index contributed by atoms with van der Waals surface area (Å²) in [5, 5.41) is 15.6. The fraction of sp³-hybridized carbons (Fsp3) is 0.528. The summed E-state index contributed by atoms with van der Waals surface area (Å²) in [6.07, 6.45) is 2.58. The zero-order chi connectivity index (χ0) is 34.1. The van der Waals surface area contributed by atoms with Crippen molar-refractivity contribution in [2.24, 2.45) is 5.92 Å². The summed E-state index contributed by atoms with van der Waals surface area (Å²) < 4.78 is 10.8. The van der Waals surface area contributed by atoms with Crippen molar-refractivity contribution in [3.63, 3.8) is 0 Å². The van der Waals surface area contributed by atoms with E-state index in [9.17, 15) is 24.4 Å². The topological polar surface area (TPSA) is 141 Å². The van der Waals surface area contributed by atoms with Crippen LogP contribution >= 0.6 is 0 Å². The number of hydrogen-bond acceptors (Lipinski definition) is 7. The minimum absolute atomic E-state index is 0.0707. The maximum absolute atomic E-state index is 14.3. The summed E-state index contributed by atoms with van der Waals surface area (Å²) >= 11 is 0. The SMILES string of the molecule is COc1ccc(CCNC(=O)[C@@H]2CC[C@@H]3CC[C@H](CC#N)[C@H](NC(=O)[C@@H](Cc4ccccc4)N(C)C(=O)OC(C)(C)C)C(=O)N32)cc1. The van der Waals surface area contributed by atoms with Gasteiger partial charge in [0.25, 0.3) is 0 Å². The maximum atomic E-state index is 14.3. The van der Waals surface area contributed by atoms with Crippen LogP contribution in [0.4, 0.5) is 4.79 Å². The zero-order valence-corrected chi connectivity index (χ0v) is 28.0. The van der Waals surface area contributed by atoms with Crippen LogP contribution in [0.1, 0.15) is 64.0 Å². The van der Waals surface area contributed by atoms with Gasteiger partial charge in [0.2, 0.25) is 17.7 Å². The second-order valence-corrected chi connectivity index (χ2v) is 13.4. The fourth-order valence-electron chi connectivity index (χ4n) is 6.40. The third-order valence-electron chi connectivity index (χ3n) is 8.91. The van der Waals surface area contributed by atoms with Gasteiger partial charge in [0.1, 0.15) is 29.5 Å². The Morgan fingerprint density at radius 2 is 1.70 bits per heavy atom. The monoisotopic (exact) mass is 645 g/mol. The molecule has 2 aliphatic heterocycles. The van der Waals surface area contributed by atoms with E-state index in [1.807, 2.05) is 54.6 Å². The number of amides is 4. The number of benzene rings is 2. The van der Waals surface area contributed by atoms with Crippen molar-refractivity contribution in [3.8, 4) is 11.8 Å². The highest BCUT2D eigenvalue weighted by Crippen LogP contribution is 2.35. The Balaban J connectivity index is 1.52. The van der Waals surface area contributed by atoms with Crippen LogP contribution in [-0.4, -0.2) is 84.1 Å². The number of carbonyl (C=O) groups is 4. The van der Waals surface area contributed by atoms with Gasteiger partial charge in [0.05, 0.1) is 13.2 Å². The first-order valence-corrected chi connectivity index (χ1v) is 16.3. The van der Waals surface area contributed by atoms with E-state index in [-0.39, 0.29) is 30.7 Å². The summed E-state index contributed by atoms with van der Waals surface area (Å²) in [5.74, 6) is -0.808. The number of nitriles is 1. The lowest BCUT2D eigenvalue weighted by Crippen LogP contribution is -2.59. The molecule has 0 spiro atoms. The molecule has 2 heterocycles. The molecule has 4 rings (SSSR count). The van der Waals surface area contributed by atoms with E-state index < -0.39 is 41.6 Å². The van der Waals surface area contributed by atoms with E-state index in [0.29, 0.717) is 38.6 Å². The van der Waals surface area contributed by atoms with Gasteiger partial charge < -0.3 is 25.0 Å². The Kier molecular flexibility index (Phi) is 11.9. The Bertz CT molecular complexity index is 1430. The summed E-state index contributed by atoms with van der Waals surface area (Å²) in [6, 6.07) is 16.3. The largest absolute Gasteiger partial charge is 0.497 e. The molecule has 2 saturated heterocycles. The summed E-state index contributed by atoms with van der Waals surface area (Å²) in [7, 11) is 3.12. The van der Waals surface area contributed by atoms with Gasteiger partial charge in [0.15, 0.2) is 0 Å². The lowest BCUT2D eigenvalue weighted by atomic mass is 9.90. The molecule has 0 bridgehead atoms. The Morgan fingerprint density at radius 3 is 2.34 bits per heavy atom. The van der Waals surface area contributed by atoms with Crippen LogP contribution in [-0.2, 0) is 32.0 Å². The van der Waals surface area contributed by atoms with Gasteiger partial charge in [-0.25, -0.2) is 4.79 Å². The molecule has 0 unspecified atom stereocenters. The van der Waals surface area contributed by atoms with Gasteiger partial charge in [-0.05, 0) is 76.1 Å². The molecule has 0 saturated carbocycles. The van der Waals surface area contributed by atoms with Crippen LogP contribution in [0.15, 0.2) is 54.6 Å². The molecule has 0 aromatic heterocycles. The third kappa shape index (κ3) is 9.24. The Morgan fingerprint density at radius 1 is 1.02 bits per heavy atom. The van der Waals surface area contributed by atoms with Gasteiger partial charge in [-0.2, -0.15) is 5.26 Å². The van der Waals surface area contributed by atoms with E-state index in [1.54, 1.807) is 32.8 Å². The van der Waals surface area contributed by atoms with Crippen molar-refractivity contribution in [1.82, 2.24) is 20.4 Å². The average molecular weight is 646 g/mol. The first-order chi connectivity index (χ1) is 22.4. The molecule has 2 N–H and O–H groups in total. The van der Waals surface area contributed by atoms with Crippen LogP contribution in [0, 0.1) is 17.2 Å². The van der Waals surface area contributed by atoms with Gasteiger partial charge in [0, 0.05) is 38.4 Å². The molecule has 11 nitrogen and oxygen atoms in total. The lowest BCUT2D eigenvalue weighted by molar-refractivity contribution is -0.144. The number of hydrogen-bond donors (Lipinski definition) is 2. The van der Waals surface area contributed by atoms with Crippen molar-refractivity contribution in [2.75, 3.05) is 20.7 Å². The van der Waals surface area contributed by atoms with E-state index in [4.69, 9.17) is 9.47 Å². The number of methoxy groups -OCH3 is 1.